The molecule has 3 rings (SSSR count). The highest BCUT2D eigenvalue weighted by Crippen LogP contribution is 2.38. The first kappa shape index (κ1) is 15.7. The van der Waals surface area contributed by atoms with Crippen LogP contribution in [0.4, 0.5) is 24.5 Å². The summed E-state index contributed by atoms with van der Waals surface area (Å²) in [5, 5.41) is 2.65. The Morgan fingerprint density at radius 3 is 2.57 bits per heavy atom. The number of aliphatic imine (C=N–C) groups is 1. The van der Waals surface area contributed by atoms with Crippen LogP contribution < -0.4 is 5.32 Å². The van der Waals surface area contributed by atoms with E-state index < -0.39 is 17.6 Å². The van der Waals surface area contributed by atoms with Gasteiger partial charge in [-0.3, -0.25) is 4.79 Å². The van der Waals surface area contributed by atoms with E-state index in [9.17, 15) is 18.0 Å². The van der Waals surface area contributed by atoms with Gasteiger partial charge in [0, 0.05) is 10.0 Å². The lowest BCUT2D eigenvalue weighted by Crippen LogP contribution is -2.14. The number of nitrogens with one attached hydrogen (secondary N) is 1. The van der Waals surface area contributed by atoms with E-state index in [1.54, 1.807) is 13.0 Å². The van der Waals surface area contributed by atoms with Crippen molar-refractivity contribution in [1.29, 1.82) is 0 Å². The normalized spacial score (nSPS) is 15.7. The van der Waals surface area contributed by atoms with E-state index in [1.807, 2.05) is 6.07 Å². The van der Waals surface area contributed by atoms with Crippen LogP contribution in [0.1, 0.15) is 16.7 Å². The number of hydrogen-bond donors (Lipinski definition) is 1. The number of hydrogen-bond acceptors (Lipinski definition) is 2. The van der Waals surface area contributed by atoms with E-state index >= 15 is 0 Å². The molecule has 0 saturated heterocycles. The molecule has 118 valence electrons. The van der Waals surface area contributed by atoms with Crippen LogP contribution in [0, 0.1) is 6.92 Å². The number of amides is 1. The number of nitrogens with zero attached hydrogens (tertiary/aromatic N) is 1. The third-order valence-electron chi connectivity index (χ3n) is 3.45. The summed E-state index contributed by atoms with van der Waals surface area (Å²) in [5.41, 5.74) is 0.675. The monoisotopic (exact) mass is 382 g/mol. The molecule has 0 saturated carbocycles. The van der Waals surface area contributed by atoms with Crippen molar-refractivity contribution in [3.05, 3.63) is 57.6 Å². The second-order valence-corrected chi connectivity index (χ2v) is 5.99. The summed E-state index contributed by atoms with van der Waals surface area (Å²) < 4.78 is 39.9. The number of anilines is 1. The van der Waals surface area contributed by atoms with Crippen molar-refractivity contribution in [2.24, 2.45) is 4.99 Å². The minimum Gasteiger partial charge on any atom is -0.320 e. The number of carbonyl (C=O) groups excluding carboxylic acids is 1. The topological polar surface area (TPSA) is 41.5 Å². The number of aryl methyl sites for hydroxylation is 1. The van der Waals surface area contributed by atoms with Crippen molar-refractivity contribution in [3.63, 3.8) is 0 Å². The quantitative estimate of drug-likeness (QED) is 0.752. The minimum absolute atomic E-state index is 0.0268. The van der Waals surface area contributed by atoms with Crippen LogP contribution in [0.15, 0.2) is 45.9 Å². The molecule has 1 aliphatic rings. The average molecular weight is 383 g/mol. The number of fused-ring (bicyclic) bond motifs is 1. The molecule has 23 heavy (non-hydrogen) atoms. The van der Waals surface area contributed by atoms with Gasteiger partial charge in [0.15, 0.2) is 0 Å². The van der Waals surface area contributed by atoms with Crippen molar-refractivity contribution < 1.29 is 18.0 Å². The van der Waals surface area contributed by atoms with E-state index in [1.165, 1.54) is 18.2 Å². The number of carbonyl (C=O) groups is 1. The Labute approximate surface area is 138 Å². The van der Waals surface area contributed by atoms with Crippen LogP contribution in [-0.2, 0) is 11.0 Å². The molecule has 0 radical (unpaired) electrons. The molecule has 7 heteroatoms. The smallest absolute Gasteiger partial charge is 0.320 e. The first-order valence-electron chi connectivity index (χ1n) is 6.64. The van der Waals surface area contributed by atoms with E-state index in [0.717, 1.165) is 16.1 Å². The van der Waals surface area contributed by atoms with Gasteiger partial charge in [-0.05, 0) is 36.8 Å². The summed E-state index contributed by atoms with van der Waals surface area (Å²) in [6, 6.07) is 8.40. The van der Waals surface area contributed by atoms with E-state index in [4.69, 9.17) is 0 Å². The molecule has 0 atom stereocenters. The van der Waals surface area contributed by atoms with Gasteiger partial charge in [-0.25, -0.2) is 4.99 Å². The molecule has 0 fully saturated rings. The molecule has 2 aromatic carbocycles. The molecule has 3 nitrogen and oxygen atoms in total. The van der Waals surface area contributed by atoms with Gasteiger partial charge in [0.25, 0.3) is 5.91 Å². The van der Waals surface area contributed by atoms with Crippen molar-refractivity contribution in [2.75, 3.05) is 5.32 Å². The fourth-order valence-corrected chi connectivity index (χ4v) is 3.01. The van der Waals surface area contributed by atoms with Gasteiger partial charge in [-0.1, -0.05) is 28.1 Å². The molecule has 0 unspecified atom stereocenters. The molecular formula is C16H10BrF3N2O. The maximum Gasteiger partial charge on any atom is 0.418 e. The van der Waals surface area contributed by atoms with Crippen molar-refractivity contribution in [2.45, 2.75) is 13.1 Å². The largest absolute Gasteiger partial charge is 0.418 e. The van der Waals surface area contributed by atoms with E-state index in [-0.39, 0.29) is 11.4 Å². The van der Waals surface area contributed by atoms with Crippen LogP contribution >= 0.6 is 15.9 Å². The van der Waals surface area contributed by atoms with Gasteiger partial charge >= 0.3 is 6.18 Å². The Balaban J connectivity index is 2.19. The first-order chi connectivity index (χ1) is 10.8. The number of benzene rings is 2. The highest BCUT2D eigenvalue weighted by atomic mass is 79.9. The zero-order valence-electron chi connectivity index (χ0n) is 11.8. The Morgan fingerprint density at radius 1 is 1.17 bits per heavy atom. The highest BCUT2D eigenvalue weighted by Gasteiger charge is 2.34. The van der Waals surface area contributed by atoms with Gasteiger partial charge in [0.1, 0.15) is 5.71 Å². The lowest BCUT2D eigenvalue weighted by atomic mass is 10.1. The van der Waals surface area contributed by atoms with Gasteiger partial charge in [0.2, 0.25) is 0 Å². The molecule has 0 aliphatic carbocycles. The second kappa shape index (κ2) is 5.49. The van der Waals surface area contributed by atoms with Crippen LogP contribution in [-0.4, -0.2) is 11.6 Å². The van der Waals surface area contributed by atoms with Gasteiger partial charge in [0.05, 0.1) is 16.9 Å². The molecule has 0 aromatic heterocycles. The third kappa shape index (κ3) is 2.88. The fourth-order valence-electron chi connectivity index (χ4n) is 2.43. The lowest BCUT2D eigenvalue weighted by molar-refractivity contribution is -0.137. The zero-order valence-corrected chi connectivity index (χ0v) is 13.4. The van der Waals surface area contributed by atoms with E-state index in [0.29, 0.717) is 11.3 Å². The van der Waals surface area contributed by atoms with Gasteiger partial charge in [-0.2, -0.15) is 13.2 Å². The number of halogens is 4. The van der Waals surface area contributed by atoms with Crippen LogP contribution in [0.5, 0.6) is 0 Å². The summed E-state index contributed by atoms with van der Waals surface area (Å²) >= 11 is 3.32. The molecule has 1 N–H and O–H groups in total. The number of para-hydroxylation sites is 1. The summed E-state index contributed by atoms with van der Waals surface area (Å²) in [6.07, 6.45) is -4.54. The lowest BCUT2D eigenvalue weighted by Gasteiger charge is -2.09. The van der Waals surface area contributed by atoms with E-state index in [2.05, 4.69) is 26.2 Å². The van der Waals surface area contributed by atoms with Crippen LogP contribution in [0.25, 0.3) is 0 Å². The summed E-state index contributed by atoms with van der Waals surface area (Å²) in [6.45, 7) is 1.80. The Hall–Kier alpha value is -2.15. The first-order valence-corrected chi connectivity index (χ1v) is 7.43. The van der Waals surface area contributed by atoms with Crippen LogP contribution in [0.2, 0.25) is 0 Å². The molecule has 0 spiro atoms. The third-order valence-corrected chi connectivity index (χ3v) is 3.91. The maximum absolute atomic E-state index is 13.1. The summed E-state index contributed by atoms with van der Waals surface area (Å²) in [4.78, 5) is 16.1. The summed E-state index contributed by atoms with van der Waals surface area (Å²) in [5.74, 6) is -0.516. The number of rotatable bonds is 1. The van der Waals surface area contributed by atoms with Crippen LogP contribution in [0.3, 0.4) is 0 Å². The van der Waals surface area contributed by atoms with Crippen molar-refractivity contribution in [3.8, 4) is 0 Å². The minimum atomic E-state index is -4.54. The molecular weight excluding hydrogens is 373 g/mol. The number of alkyl halides is 3. The van der Waals surface area contributed by atoms with Gasteiger partial charge < -0.3 is 5.32 Å². The fraction of sp³-hybridized carbons (Fsp3) is 0.125. The molecule has 1 heterocycles. The highest BCUT2D eigenvalue weighted by molar-refractivity contribution is 9.10. The molecule has 0 bridgehead atoms. The Morgan fingerprint density at radius 2 is 1.87 bits per heavy atom. The average Bonchev–Trinajstić information content (AvgIpc) is 2.76. The second-order valence-electron chi connectivity index (χ2n) is 5.07. The van der Waals surface area contributed by atoms with Gasteiger partial charge in [-0.15, -0.1) is 0 Å². The Bertz CT molecular complexity index is 844. The molecule has 1 amide bonds. The Kier molecular flexibility index (Phi) is 3.75. The standard InChI is InChI=1S/C16H10BrF3N2O/c1-8-6-9(17)7-10-13(8)22-15(23)14(10)21-12-5-3-2-4-11(12)16(18,19)20/h2-7H,1H3,(H,21,22,23). The SMILES string of the molecule is Cc1cc(Br)cc2c1NC(=O)C2=Nc1ccccc1C(F)(F)F. The predicted octanol–water partition coefficient (Wildman–Crippen LogP) is 4.85. The summed E-state index contributed by atoms with van der Waals surface area (Å²) in [7, 11) is 0. The zero-order chi connectivity index (χ0) is 16.8. The van der Waals surface area contributed by atoms with Crippen molar-refractivity contribution in [1.82, 2.24) is 0 Å². The predicted molar refractivity (Wildman–Crippen MR) is 85.1 cm³/mol. The van der Waals surface area contributed by atoms with Crippen molar-refractivity contribution >= 4 is 38.9 Å². The maximum atomic E-state index is 13.1. The molecule has 1 aliphatic heterocycles. The molecule has 2 aromatic rings.